The second-order valence-electron chi connectivity index (χ2n) is 5.03. The summed E-state index contributed by atoms with van der Waals surface area (Å²) in [6.07, 6.45) is 2.07. The minimum atomic E-state index is -0.700. The molecule has 1 N–H and O–H groups in total. The molecule has 0 bridgehead atoms. The molecule has 1 radical (unpaired) electrons. The largest absolute Gasteiger partial charge is 0.301 e. The number of hydrogen-bond donors (Lipinski definition) is 1. The molecule has 0 aliphatic carbocycles. The Bertz CT molecular complexity index is 804. The summed E-state index contributed by atoms with van der Waals surface area (Å²) < 4.78 is 13.3. The molecule has 0 fully saturated rings. The SMILES string of the molecule is [CH2]c1ccc(F)cc1C(=O)NN1C=Nc2ccccc2C1C=O. The van der Waals surface area contributed by atoms with Crippen LogP contribution in [0.3, 0.4) is 0 Å². The summed E-state index contributed by atoms with van der Waals surface area (Å²) in [4.78, 5) is 28.0. The molecule has 1 aliphatic heterocycles. The number of amides is 1. The fourth-order valence-electron chi connectivity index (χ4n) is 2.38. The number of carbonyl (C=O) groups is 2. The molecule has 0 saturated carbocycles. The third kappa shape index (κ3) is 2.83. The first-order valence-corrected chi connectivity index (χ1v) is 6.89. The average molecular weight is 310 g/mol. The van der Waals surface area contributed by atoms with E-state index in [1.54, 1.807) is 18.2 Å². The van der Waals surface area contributed by atoms with Crippen molar-refractivity contribution in [1.82, 2.24) is 10.4 Å². The van der Waals surface area contributed by atoms with E-state index < -0.39 is 17.8 Å². The Labute approximate surface area is 132 Å². The molecule has 1 amide bonds. The Morgan fingerprint density at radius 3 is 2.87 bits per heavy atom. The molecule has 0 spiro atoms. The van der Waals surface area contributed by atoms with Crippen LogP contribution >= 0.6 is 0 Å². The molecule has 23 heavy (non-hydrogen) atoms. The molecule has 5 nitrogen and oxygen atoms in total. The highest BCUT2D eigenvalue weighted by molar-refractivity contribution is 5.96. The number of nitrogens with one attached hydrogen (secondary N) is 1. The highest BCUT2D eigenvalue weighted by Gasteiger charge is 2.26. The van der Waals surface area contributed by atoms with Crippen LogP contribution in [-0.4, -0.2) is 23.5 Å². The summed E-state index contributed by atoms with van der Waals surface area (Å²) in [5.74, 6) is -1.10. The summed E-state index contributed by atoms with van der Waals surface area (Å²) in [5.41, 5.74) is 4.39. The van der Waals surface area contributed by atoms with E-state index in [2.05, 4.69) is 17.3 Å². The molecule has 0 aromatic heterocycles. The van der Waals surface area contributed by atoms with Gasteiger partial charge in [0.05, 0.1) is 5.69 Å². The van der Waals surface area contributed by atoms with Crippen molar-refractivity contribution in [3.05, 3.63) is 71.9 Å². The maximum absolute atomic E-state index is 13.3. The van der Waals surface area contributed by atoms with E-state index in [4.69, 9.17) is 0 Å². The van der Waals surface area contributed by atoms with Gasteiger partial charge in [0.1, 0.15) is 24.5 Å². The fourth-order valence-corrected chi connectivity index (χ4v) is 2.38. The van der Waals surface area contributed by atoms with Gasteiger partial charge in [0.2, 0.25) is 0 Å². The van der Waals surface area contributed by atoms with Gasteiger partial charge in [0, 0.05) is 11.1 Å². The molecule has 0 saturated heterocycles. The molecule has 1 aliphatic rings. The quantitative estimate of drug-likeness (QED) is 0.886. The first kappa shape index (κ1) is 14.9. The van der Waals surface area contributed by atoms with E-state index >= 15 is 0 Å². The number of para-hydroxylation sites is 1. The molecule has 1 atom stereocenters. The predicted octanol–water partition coefficient (Wildman–Crippen LogP) is 2.57. The molecule has 3 rings (SSSR count). The van der Waals surface area contributed by atoms with Crippen molar-refractivity contribution >= 4 is 24.2 Å². The first-order valence-electron chi connectivity index (χ1n) is 6.89. The fraction of sp³-hybridized carbons (Fsp3) is 0.0588. The lowest BCUT2D eigenvalue weighted by atomic mass is 10.0. The number of fused-ring (bicyclic) bond motifs is 1. The highest BCUT2D eigenvalue weighted by atomic mass is 19.1. The van der Waals surface area contributed by atoms with Crippen LogP contribution in [0.2, 0.25) is 0 Å². The number of halogens is 1. The molecule has 1 unspecified atom stereocenters. The molecular formula is C17H13FN3O2. The second-order valence-corrected chi connectivity index (χ2v) is 5.03. The van der Waals surface area contributed by atoms with Crippen LogP contribution in [0.25, 0.3) is 0 Å². The minimum Gasteiger partial charge on any atom is -0.301 e. The lowest BCUT2D eigenvalue weighted by Crippen LogP contribution is -2.45. The van der Waals surface area contributed by atoms with Gasteiger partial charge in [0.15, 0.2) is 0 Å². The summed E-state index contributed by atoms with van der Waals surface area (Å²) in [6.45, 7) is 3.70. The smallest absolute Gasteiger partial charge is 0.270 e. The highest BCUT2D eigenvalue weighted by Crippen LogP contribution is 2.30. The van der Waals surface area contributed by atoms with Gasteiger partial charge >= 0.3 is 0 Å². The van der Waals surface area contributed by atoms with E-state index in [0.717, 1.165) is 6.07 Å². The third-order valence-electron chi connectivity index (χ3n) is 3.55. The van der Waals surface area contributed by atoms with Gasteiger partial charge in [-0.15, -0.1) is 0 Å². The number of aldehydes is 1. The van der Waals surface area contributed by atoms with Crippen molar-refractivity contribution in [1.29, 1.82) is 0 Å². The maximum Gasteiger partial charge on any atom is 0.270 e. The predicted molar refractivity (Wildman–Crippen MR) is 83.6 cm³/mol. The van der Waals surface area contributed by atoms with Crippen LogP contribution in [0.1, 0.15) is 27.5 Å². The van der Waals surface area contributed by atoms with Crippen LogP contribution < -0.4 is 5.43 Å². The van der Waals surface area contributed by atoms with Gasteiger partial charge in [-0.1, -0.05) is 24.3 Å². The zero-order valence-corrected chi connectivity index (χ0v) is 12.1. The van der Waals surface area contributed by atoms with Crippen LogP contribution in [0, 0.1) is 12.7 Å². The summed E-state index contributed by atoms with van der Waals surface area (Å²) in [7, 11) is 0. The lowest BCUT2D eigenvalue weighted by molar-refractivity contribution is -0.111. The number of hydrogen-bond acceptors (Lipinski definition) is 4. The zero-order chi connectivity index (χ0) is 16.4. The average Bonchev–Trinajstić information content (AvgIpc) is 2.56. The van der Waals surface area contributed by atoms with Crippen molar-refractivity contribution in [3.8, 4) is 0 Å². The van der Waals surface area contributed by atoms with Gasteiger partial charge in [0.25, 0.3) is 5.91 Å². The normalized spacial score (nSPS) is 15.9. The summed E-state index contributed by atoms with van der Waals surface area (Å²) in [6, 6.07) is 10.2. The number of benzene rings is 2. The van der Waals surface area contributed by atoms with Gasteiger partial charge in [-0.3, -0.25) is 15.2 Å². The molecule has 1 heterocycles. The van der Waals surface area contributed by atoms with Crippen LogP contribution in [0.5, 0.6) is 0 Å². The third-order valence-corrected chi connectivity index (χ3v) is 3.55. The monoisotopic (exact) mass is 310 g/mol. The standard InChI is InChI=1S/C17H13FN3O2/c1-11-6-7-12(18)8-14(11)17(23)20-21-10-19-15-5-3-2-4-13(15)16(21)9-22/h2-10,16H,1H2,(H,20,23). The molecule has 6 heteroatoms. The van der Waals surface area contributed by atoms with Crippen molar-refractivity contribution in [3.63, 3.8) is 0 Å². The Morgan fingerprint density at radius 2 is 2.09 bits per heavy atom. The van der Waals surface area contributed by atoms with E-state index in [0.29, 0.717) is 23.1 Å². The number of hydrazine groups is 1. The van der Waals surface area contributed by atoms with Crippen LogP contribution in [0.4, 0.5) is 10.1 Å². The van der Waals surface area contributed by atoms with E-state index in [-0.39, 0.29) is 5.56 Å². The Balaban J connectivity index is 1.87. The van der Waals surface area contributed by atoms with Crippen molar-refractivity contribution in [2.75, 3.05) is 0 Å². The lowest BCUT2D eigenvalue weighted by Gasteiger charge is -2.30. The first-order chi connectivity index (χ1) is 11.1. The van der Waals surface area contributed by atoms with Gasteiger partial charge in [-0.2, -0.15) is 0 Å². The summed E-state index contributed by atoms with van der Waals surface area (Å²) >= 11 is 0. The van der Waals surface area contributed by atoms with Crippen LogP contribution in [0.15, 0.2) is 47.5 Å². The van der Waals surface area contributed by atoms with Crippen LogP contribution in [-0.2, 0) is 4.79 Å². The van der Waals surface area contributed by atoms with E-state index in [9.17, 15) is 14.0 Å². The molecule has 2 aromatic carbocycles. The number of aliphatic imine (C=N–C) groups is 1. The molecule has 2 aromatic rings. The van der Waals surface area contributed by atoms with E-state index in [1.165, 1.54) is 23.5 Å². The van der Waals surface area contributed by atoms with E-state index in [1.807, 2.05) is 6.07 Å². The number of carbonyl (C=O) groups excluding carboxylic acids is 2. The second kappa shape index (κ2) is 6.00. The van der Waals surface area contributed by atoms with Gasteiger partial charge < -0.3 is 4.79 Å². The molecule has 115 valence electrons. The zero-order valence-electron chi connectivity index (χ0n) is 12.1. The summed E-state index contributed by atoms with van der Waals surface area (Å²) in [5, 5.41) is 1.29. The Morgan fingerprint density at radius 1 is 1.30 bits per heavy atom. The number of nitrogens with zero attached hydrogens (tertiary/aromatic N) is 2. The van der Waals surface area contributed by atoms with Crippen molar-refractivity contribution < 1.29 is 14.0 Å². The van der Waals surface area contributed by atoms with Crippen molar-refractivity contribution in [2.45, 2.75) is 6.04 Å². The molecular weight excluding hydrogens is 297 g/mol. The van der Waals surface area contributed by atoms with Gasteiger partial charge in [-0.05, 0) is 30.7 Å². The Kier molecular flexibility index (Phi) is 3.89. The topological polar surface area (TPSA) is 61.8 Å². The Hall–Kier alpha value is -3.02. The maximum atomic E-state index is 13.3. The minimum absolute atomic E-state index is 0.0990. The van der Waals surface area contributed by atoms with Gasteiger partial charge in [-0.25, -0.2) is 9.38 Å². The number of rotatable bonds is 3. The van der Waals surface area contributed by atoms with Crippen molar-refractivity contribution in [2.24, 2.45) is 4.99 Å².